The van der Waals surface area contributed by atoms with Gasteiger partial charge in [0.2, 0.25) is 0 Å². The second-order valence-corrected chi connectivity index (χ2v) is 4.86. The third kappa shape index (κ3) is 4.36. The first-order valence-electron chi connectivity index (χ1n) is 6.88. The number of methoxy groups -OCH3 is 1. The van der Waals surface area contributed by atoms with E-state index in [0.717, 1.165) is 31.7 Å². The number of rotatable bonds is 5. The Hall–Kier alpha value is -2.26. The van der Waals surface area contributed by atoms with E-state index in [4.69, 9.17) is 14.7 Å². The minimum atomic E-state index is 0.00505. The van der Waals surface area contributed by atoms with Crippen molar-refractivity contribution in [2.75, 3.05) is 46.9 Å². The maximum atomic E-state index is 8.55. The van der Waals surface area contributed by atoms with Crippen LogP contribution in [0, 0.1) is 11.3 Å². The maximum absolute atomic E-state index is 8.55. The van der Waals surface area contributed by atoms with Crippen molar-refractivity contribution in [3.05, 3.63) is 23.8 Å². The summed E-state index contributed by atoms with van der Waals surface area (Å²) in [5.41, 5.74) is 0.940. The fourth-order valence-electron chi connectivity index (χ4n) is 2.05. The molecule has 112 valence electrons. The monoisotopic (exact) mass is 288 g/mol. The Morgan fingerprint density at radius 1 is 1.29 bits per heavy atom. The molecule has 0 aliphatic carbocycles. The minimum Gasteiger partial charge on any atom is -0.493 e. The van der Waals surface area contributed by atoms with Crippen LogP contribution in [0.3, 0.4) is 0 Å². The van der Waals surface area contributed by atoms with Gasteiger partial charge in [-0.3, -0.25) is 5.01 Å². The summed E-state index contributed by atoms with van der Waals surface area (Å²) in [5, 5.41) is 15.1. The maximum Gasteiger partial charge on any atom is 0.174 e. The summed E-state index contributed by atoms with van der Waals surface area (Å²) in [6, 6.07) is 7.48. The zero-order valence-electron chi connectivity index (χ0n) is 12.5. The van der Waals surface area contributed by atoms with Crippen molar-refractivity contribution >= 4 is 6.21 Å². The summed E-state index contributed by atoms with van der Waals surface area (Å²) in [5.74, 6) is 1.17. The number of ether oxygens (including phenoxy) is 2. The molecule has 1 aromatic rings. The van der Waals surface area contributed by atoms with E-state index in [1.54, 1.807) is 13.2 Å². The second-order valence-electron chi connectivity index (χ2n) is 4.86. The Balaban J connectivity index is 2.01. The van der Waals surface area contributed by atoms with Crippen LogP contribution >= 0.6 is 0 Å². The smallest absolute Gasteiger partial charge is 0.174 e. The molecule has 1 aromatic carbocycles. The average Bonchev–Trinajstić information content (AvgIpc) is 2.52. The SMILES string of the molecule is COc1cc(C=NN2CCN(C)CC2)ccc1OCC#N. The van der Waals surface area contributed by atoms with Crippen LogP contribution in [-0.4, -0.2) is 63.1 Å². The highest BCUT2D eigenvalue weighted by atomic mass is 16.5. The van der Waals surface area contributed by atoms with Gasteiger partial charge in [0.25, 0.3) is 0 Å². The summed E-state index contributed by atoms with van der Waals surface area (Å²) in [4.78, 5) is 2.29. The molecule has 6 nitrogen and oxygen atoms in total. The van der Waals surface area contributed by atoms with E-state index in [9.17, 15) is 0 Å². The molecule has 0 N–H and O–H groups in total. The van der Waals surface area contributed by atoms with Crippen molar-refractivity contribution in [1.29, 1.82) is 5.26 Å². The number of nitriles is 1. The number of hydrogen-bond donors (Lipinski definition) is 0. The second kappa shape index (κ2) is 7.50. The molecule has 0 atom stereocenters. The highest BCUT2D eigenvalue weighted by Gasteiger charge is 2.11. The van der Waals surface area contributed by atoms with Gasteiger partial charge >= 0.3 is 0 Å². The number of hydrogen-bond acceptors (Lipinski definition) is 6. The van der Waals surface area contributed by atoms with E-state index in [0.29, 0.717) is 11.5 Å². The fraction of sp³-hybridized carbons (Fsp3) is 0.467. The van der Waals surface area contributed by atoms with Crippen molar-refractivity contribution in [1.82, 2.24) is 9.91 Å². The Labute approximate surface area is 125 Å². The molecule has 0 bridgehead atoms. The van der Waals surface area contributed by atoms with Crippen LogP contribution < -0.4 is 9.47 Å². The van der Waals surface area contributed by atoms with Gasteiger partial charge in [-0.15, -0.1) is 0 Å². The fourth-order valence-corrected chi connectivity index (χ4v) is 2.05. The molecule has 1 aliphatic heterocycles. The van der Waals surface area contributed by atoms with E-state index < -0.39 is 0 Å². The molecule has 0 saturated carbocycles. The van der Waals surface area contributed by atoms with Crippen LogP contribution in [0.15, 0.2) is 23.3 Å². The Kier molecular flexibility index (Phi) is 5.41. The zero-order chi connectivity index (χ0) is 15.1. The lowest BCUT2D eigenvalue weighted by molar-refractivity contribution is 0.159. The van der Waals surface area contributed by atoms with Crippen molar-refractivity contribution in [3.8, 4) is 17.6 Å². The van der Waals surface area contributed by atoms with Crippen LogP contribution in [-0.2, 0) is 0 Å². The first kappa shape index (κ1) is 15.1. The van der Waals surface area contributed by atoms with Gasteiger partial charge in [0.15, 0.2) is 18.1 Å². The Morgan fingerprint density at radius 3 is 2.71 bits per heavy atom. The van der Waals surface area contributed by atoms with Crippen molar-refractivity contribution < 1.29 is 9.47 Å². The van der Waals surface area contributed by atoms with Gasteiger partial charge in [0.1, 0.15) is 6.07 Å². The largest absolute Gasteiger partial charge is 0.493 e. The first-order valence-corrected chi connectivity index (χ1v) is 6.88. The Morgan fingerprint density at radius 2 is 2.05 bits per heavy atom. The van der Waals surface area contributed by atoms with Gasteiger partial charge in [-0.05, 0) is 30.8 Å². The van der Waals surface area contributed by atoms with E-state index in [-0.39, 0.29) is 6.61 Å². The predicted molar refractivity (Wildman–Crippen MR) is 80.8 cm³/mol. The molecule has 1 aliphatic rings. The number of likely N-dealkylation sites (N-methyl/N-ethyl adjacent to an activating group) is 1. The normalized spacial score (nSPS) is 16.0. The standard InChI is InChI=1S/C15H20N4O2/c1-18-6-8-19(9-7-18)17-12-13-3-4-14(21-10-5-16)15(11-13)20-2/h3-4,11-12H,6-10H2,1-2H3. The average molecular weight is 288 g/mol. The lowest BCUT2D eigenvalue weighted by atomic mass is 10.2. The van der Waals surface area contributed by atoms with Gasteiger partial charge in [0.05, 0.1) is 13.3 Å². The first-order chi connectivity index (χ1) is 10.2. The van der Waals surface area contributed by atoms with Crippen molar-refractivity contribution in [2.24, 2.45) is 5.10 Å². The van der Waals surface area contributed by atoms with Crippen LogP contribution in [0.2, 0.25) is 0 Å². The lowest BCUT2D eigenvalue weighted by Crippen LogP contribution is -2.41. The minimum absolute atomic E-state index is 0.00505. The summed E-state index contributed by atoms with van der Waals surface area (Å²) in [6.07, 6.45) is 1.82. The topological polar surface area (TPSA) is 61.1 Å². The molecular formula is C15H20N4O2. The Bertz CT molecular complexity index is 531. The van der Waals surface area contributed by atoms with Gasteiger partial charge in [-0.25, -0.2) is 0 Å². The quantitative estimate of drug-likeness (QED) is 0.761. The van der Waals surface area contributed by atoms with E-state index >= 15 is 0 Å². The van der Waals surface area contributed by atoms with E-state index in [1.165, 1.54) is 0 Å². The number of hydrazone groups is 1. The molecule has 0 spiro atoms. The molecule has 0 aromatic heterocycles. The molecule has 0 amide bonds. The highest BCUT2D eigenvalue weighted by Crippen LogP contribution is 2.27. The molecule has 21 heavy (non-hydrogen) atoms. The third-order valence-electron chi connectivity index (χ3n) is 3.33. The van der Waals surface area contributed by atoms with Gasteiger partial charge in [-0.2, -0.15) is 10.4 Å². The molecule has 1 saturated heterocycles. The molecule has 0 unspecified atom stereocenters. The van der Waals surface area contributed by atoms with Crippen LogP contribution in [0.4, 0.5) is 0 Å². The summed E-state index contributed by atoms with van der Waals surface area (Å²) in [6.45, 7) is 3.94. The zero-order valence-corrected chi connectivity index (χ0v) is 12.5. The summed E-state index contributed by atoms with van der Waals surface area (Å²) in [7, 11) is 3.70. The van der Waals surface area contributed by atoms with Crippen molar-refractivity contribution in [3.63, 3.8) is 0 Å². The van der Waals surface area contributed by atoms with Crippen LogP contribution in [0.25, 0.3) is 0 Å². The van der Waals surface area contributed by atoms with E-state index in [1.807, 2.05) is 24.4 Å². The van der Waals surface area contributed by atoms with Crippen LogP contribution in [0.1, 0.15) is 5.56 Å². The third-order valence-corrected chi connectivity index (χ3v) is 3.33. The lowest BCUT2D eigenvalue weighted by Gasteiger charge is -2.30. The van der Waals surface area contributed by atoms with Gasteiger partial charge in [-0.1, -0.05) is 0 Å². The van der Waals surface area contributed by atoms with Crippen LogP contribution in [0.5, 0.6) is 11.5 Å². The predicted octanol–water partition coefficient (Wildman–Crippen LogP) is 1.18. The molecule has 0 radical (unpaired) electrons. The molecule has 1 fully saturated rings. The molecular weight excluding hydrogens is 268 g/mol. The summed E-state index contributed by atoms with van der Waals surface area (Å²) >= 11 is 0. The molecule has 1 heterocycles. The van der Waals surface area contributed by atoms with Crippen molar-refractivity contribution in [2.45, 2.75) is 0 Å². The highest BCUT2D eigenvalue weighted by molar-refractivity contribution is 5.80. The van der Waals surface area contributed by atoms with Gasteiger partial charge < -0.3 is 14.4 Å². The number of benzene rings is 1. The molecule has 6 heteroatoms. The van der Waals surface area contributed by atoms with Gasteiger partial charge in [0, 0.05) is 26.2 Å². The van der Waals surface area contributed by atoms with E-state index in [2.05, 4.69) is 22.1 Å². The molecule has 2 rings (SSSR count). The summed E-state index contributed by atoms with van der Waals surface area (Å²) < 4.78 is 10.6. The number of piperazine rings is 1. The number of nitrogens with zero attached hydrogens (tertiary/aromatic N) is 4.